The van der Waals surface area contributed by atoms with Gasteiger partial charge in [0.25, 0.3) is 0 Å². The van der Waals surface area contributed by atoms with E-state index in [1.54, 1.807) is 18.5 Å². The van der Waals surface area contributed by atoms with Crippen molar-refractivity contribution in [2.75, 3.05) is 0 Å². The number of hydrogen-bond donors (Lipinski definition) is 1. The molecule has 1 saturated heterocycles. The van der Waals surface area contributed by atoms with E-state index in [9.17, 15) is 19.2 Å². The number of rotatable bonds is 6. The number of Topliss-reactive ketones (excluding diaryl/α,β-unsaturated/α-hetero) is 1. The van der Waals surface area contributed by atoms with Crippen LogP contribution in [0.2, 0.25) is 0 Å². The fourth-order valence-electron chi connectivity index (χ4n) is 5.29. The van der Waals surface area contributed by atoms with E-state index in [1.165, 1.54) is 23.0 Å². The first-order valence-corrected chi connectivity index (χ1v) is 11.4. The Morgan fingerprint density at radius 1 is 1.06 bits per heavy atom. The molecule has 31 heavy (non-hydrogen) atoms. The maximum Gasteiger partial charge on any atom is 0.329 e. The summed E-state index contributed by atoms with van der Waals surface area (Å²) >= 11 is 0. The Morgan fingerprint density at radius 2 is 1.81 bits per heavy atom. The van der Waals surface area contributed by atoms with Crippen LogP contribution in [0.5, 0.6) is 0 Å². The molecule has 1 aliphatic heterocycles. The summed E-state index contributed by atoms with van der Waals surface area (Å²) < 4.78 is 3.14. The molecule has 1 unspecified atom stereocenters. The Kier molecular flexibility index (Phi) is 6.12. The number of nitrogens with one attached hydrogen (secondary N) is 1. The number of hydrogen-bond acceptors (Lipinski definition) is 4. The molecule has 7 nitrogen and oxygen atoms in total. The lowest BCUT2D eigenvalue weighted by Crippen LogP contribution is -2.44. The molecule has 0 spiro atoms. The number of nitrogens with zero attached hydrogens (tertiary/aromatic N) is 2. The second-order valence-corrected chi connectivity index (χ2v) is 9.24. The quantitative estimate of drug-likeness (QED) is 0.719. The van der Waals surface area contributed by atoms with Crippen LogP contribution >= 0.6 is 0 Å². The van der Waals surface area contributed by atoms with Crippen LogP contribution in [0.3, 0.4) is 0 Å². The predicted octanol–water partition coefficient (Wildman–Crippen LogP) is 3.35. The van der Waals surface area contributed by atoms with E-state index in [-0.39, 0.29) is 23.8 Å². The van der Waals surface area contributed by atoms with Gasteiger partial charge in [-0.15, -0.1) is 0 Å². The minimum atomic E-state index is -0.648. The van der Waals surface area contributed by atoms with Crippen LogP contribution in [0.1, 0.15) is 82.2 Å². The van der Waals surface area contributed by atoms with Gasteiger partial charge >= 0.3 is 5.69 Å². The largest absolute Gasteiger partial charge is 0.329 e. The van der Waals surface area contributed by atoms with E-state index in [1.807, 2.05) is 6.07 Å². The Morgan fingerprint density at radius 3 is 2.48 bits per heavy atom. The molecule has 2 aliphatic rings. The first-order valence-electron chi connectivity index (χ1n) is 11.4. The summed E-state index contributed by atoms with van der Waals surface area (Å²) in [5, 5.41) is 2.35. The number of ketones is 1. The van der Waals surface area contributed by atoms with Gasteiger partial charge in [0.05, 0.1) is 11.0 Å². The molecule has 0 radical (unpaired) electrons. The van der Waals surface area contributed by atoms with E-state index in [2.05, 4.69) is 17.4 Å². The highest BCUT2D eigenvalue weighted by molar-refractivity contribution is 6.00. The molecule has 1 aromatic heterocycles. The Bertz CT molecular complexity index is 1070. The molecular formula is C24H31N3O4. The summed E-state index contributed by atoms with van der Waals surface area (Å²) in [5.41, 5.74) is 2.58. The maximum atomic E-state index is 12.9. The van der Waals surface area contributed by atoms with Crippen LogP contribution in [0, 0.1) is 5.92 Å². The summed E-state index contributed by atoms with van der Waals surface area (Å²) in [6, 6.07) is 5.49. The monoisotopic (exact) mass is 425 g/mol. The molecular weight excluding hydrogens is 394 g/mol. The lowest BCUT2D eigenvalue weighted by molar-refractivity contribution is -0.135. The third-order valence-electron chi connectivity index (χ3n) is 7.09. The zero-order valence-corrected chi connectivity index (χ0v) is 18.4. The molecule has 2 aromatic rings. The van der Waals surface area contributed by atoms with Crippen molar-refractivity contribution in [2.45, 2.75) is 76.7 Å². The zero-order valence-electron chi connectivity index (χ0n) is 18.4. The average molecular weight is 426 g/mol. The summed E-state index contributed by atoms with van der Waals surface area (Å²) in [5.74, 6) is 0.767. The lowest BCUT2D eigenvalue weighted by atomic mass is 9.77. The molecule has 2 fully saturated rings. The number of aryl methyl sites for hydroxylation is 1. The van der Waals surface area contributed by atoms with Crippen molar-refractivity contribution in [1.82, 2.24) is 14.5 Å². The highest BCUT2D eigenvalue weighted by atomic mass is 16.2. The van der Waals surface area contributed by atoms with Gasteiger partial charge in [0.2, 0.25) is 11.8 Å². The van der Waals surface area contributed by atoms with Crippen molar-refractivity contribution < 1.29 is 14.4 Å². The number of benzene rings is 1. The van der Waals surface area contributed by atoms with Crippen molar-refractivity contribution in [2.24, 2.45) is 13.0 Å². The predicted molar refractivity (Wildman–Crippen MR) is 118 cm³/mol. The standard InChI is InChI=1S/C24H31N3O4/c1-15(28)4-3-5-16-6-8-17(9-7-16)18-10-11-19-21(14-18)26(2)24(31)27(19)20-12-13-22(29)25-23(20)30/h10-11,14,16-17,20H,3-9,12-13H2,1-2H3,(H,25,29,30). The van der Waals surface area contributed by atoms with E-state index < -0.39 is 11.9 Å². The molecule has 7 heteroatoms. The summed E-state index contributed by atoms with van der Waals surface area (Å²) in [6.45, 7) is 1.66. The van der Waals surface area contributed by atoms with E-state index in [0.29, 0.717) is 24.7 Å². The van der Waals surface area contributed by atoms with Gasteiger partial charge in [0.15, 0.2) is 0 Å². The van der Waals surface area contributed by atoms with Gasteiger partial charge in [-0.3, -0.25) is 24.0 Å². The number of fused-ring (bicyclic) bond motifs is 1. The van der Waals surface area contributed by atoms with Gasteiger partial charge < -0.3 is 4.79 Å². The SMILES string of the molecule is CC(=O)CCCC1CCC(c2ccc3c(c2)n(C)c(=O)n3C2CCC(=O)NC2=O)CC1. The topological polar surface area (TPSA) is 90.2 Å². The Balaban J connectivity index is 1.51. The highest BCUT2D eigenvalue weighted by Crippen LogP contribution is 2.38. The first-order chi connectivity index (χ1) is 14.8. The molecule has 2 heterocycles. The number of carbonyl (C=O) groups is 3. The van der Waals surface area contributed by atoms with Crippen molar-refractivity contribution in [3.8, 4) is 0 Å². The van der Waals surface area contributed by atoms with Crippen LogP contribution < -0.4 is 11.0 Å². The van der Waals surface area contributed by atoms with Gasteiger partial charge in [0, 0.05) is 19.9 Å². The highest BCUT2D eigenvalue weighted by Gasteiger charge is 2.31. The van der Waals surface area contributed by atoms with Gasteiger partial charge in [-0.1, -0.05) is 12.5 Å². The van der Waals surface area contributed by atoms with Crippen molar-refractivity contribution in [3.63, 3.8) is 0 Å². The van der Waals surface area contributed by atoms with Crippen molar-refractivity contribution in [3.05, 3.63) is 34.2 Å². The fraction of sp³-hybridized carbons (Fsp3) is 0.583. The van der Waals surface area contributed by atoms with Crippen LogP contribution in [0.25, 0.3) is 11.0 Å². The third kappa shape index (κ3) is 4.36. The normalized spacial score (nSPS) is 24.4. The van der Waals surface area contributed by atoms with Gasteiger partial charge in [-0.25, -0.2) is 4.79 Å². The smallest absolute Gasteiger partial charge is 0.300 e. The third-order valence-corrected chi connectivity index (χ3v) is 7.09. The number of imide groups is 1. The van der Waals surface area contributed by atoms with Crippen LogP contribution in [-0.4, -0.2) is 26.7 Å². The molecule has 166 valence electrons. The number of imidazole rings is 1. The van der Waals surface area contributed by atoms with Crippen molar-refractivity contribution in [1.29, 1.82) is 0 Å². The average Bonchev–Trinajstić information content (AvgIpc) is 2.98. The molecule has 1 N–H and O–H groups in total. The number of piperidine rings is 1. The minimum absolute atomic E-state index is 0.226. The lowest BCUT2D eigenvalue weighted by Gasteiger charge is -2.29. The molecule has 1 saturated carbocycles. The zero-order chi connectivity index (χ0) is 22.1. The summed E-state index contributed by atoms with van der Waals surface area (Å²) in [4.78, 5) is 47.9. The summed E-state index contributed by atoms with van der Waals surface area (Å²) in [7, 11) is 1.74. The maximum absolute atomic E-state index is 12.9. The molecule has 1 aromatic carbocycles. The van der Waals surface area contributed by atoms with Crippen LogP contribution in [0.4, 0.5) is 0 Å². The number of aromatic nitrogens is 2. The second-order valence-electron chi connectivity index (χ2n) is 9.24. The second kappa shape index (κ2) is 8.81. The van der Waals surface area contributed by atoms with E-state index >= 15 is 0 Å². The summed E-state index contributed by atoms with van der Waals surface area (Å²) in [6.07, 6.45) is 8.01. The Hall–Kier alpha value is -2.70. The van der Waals surface area contributed by atoms with E-state index in [4.69, 9.17) is 0 Å². The van der Waals surface area contributed by atoms with E-state index in [0.717, 1.165) is 36.7 Å². The van der Waals surface area contributed by atoms with Crippen LogP contribution in [-0.2, 0) is 21.4 Å². The minimum Gasteiger partial charge on any atom is -0.300 e. The fourth-order valence-corrected chi connectivity index (χ4v) is 5.29. The van der Waals surface area contributed by atoms with Crippen LogP contribution in [0.15, 0.2) is 23.0 Å². The molecule has 4 rings (SSSR count). The van der Waals surface area contributed by atoms with Gasteiger partial charge in [-0.2, -0.15) is 0 Å². The first kappa shape index (κ1) is 21.5. The molecule has 1 aliphatic carbocycles. The number of amides is 2. The molecule has 0 bridgehead atoms. The Labute approximate surface area is 181 Å². The van der Waals surface area contributed by atoms with Crippen molar-refractivity contribution >= 4 is 28.6 Å². The molecule has 1 atom stereocenters. The molecule has 2 amide bonds. The van der Waals surface area contributed by atoms with Gasteiger partial charge in [-0.05, 0) is 75.0 Å². The van der Waals surface area contributed by atoms with Gasteiger partial charge in [0.1, 0.15) is 11.8 Å². The number of carbonyl (C=O) groups excluding carboxylic acids is 3.